The number of fused-ring (bicyclic) bond motifs is 1. The van der Waals surface area contributed by atoms with Crippen LogP contribution in [0.5, 0.6) is 0 Å². The second-order valence-corrected chi connectivity index (χ2v) is 9.16. The second kappa shape index (κ2) is 9.90. The maximum Gasteiger partial charge on any atom is 0.321 e. The molecular weight excluding hydrogens is 454 g/mol. The molecule has 0 unspecified atom stereocenters. The summed E-state index contributed by atoms with van der Waals surface area (Å²) in [6.07, 6.45) is 0. The number of carbonyl (C=O) groups is 2. The molecule has 4 rings (SSSR count). The van der Waals surface area contributed by atoms with Crippen molar-refractivity contribution in [3.8, 4) is 0 Å². The first-order valence-corrected chi connectivity index (χ1v) is 12.1. The van der Waals surface area contributed by atoms with E-state index in [1.165, 1.54) is 12.1 Å². The van der Waals surface area contributed by atoms with Crippen LogP contribution in [0.4, 0.5) is 11.4 Å². The number of amides is 1. The highest BCUT2D eigenvalue weighted by Gasteiger charge is 2.28. The molecule has 0 spiro atoms. The number of esters is 1. The number of anilines is 2. The highest BCUT2D eigenvalue weighted by molar-refractivity contribution is 7.89. The van der Waals surface area contributed by atoms with Crippen LogP contribution in [0.25, 0.3) is 11.3 Å². The maximum atomic E-state index is 12.9. The van der Waals surface area contributed by atoms with Gasteiger partial charge in [-0.3, -0.25) is 9.59 Å². The van der Waals surface area contributed by atoms with Crippen LogP contribution in [-0.4, -0.2) is 33.4 Å². The van der Waals surface area contributed by atoms with E-state index in [2.05, 4.69) is 15.4 Å². The van der Waals surface area contributed by atoms with Crippen molar-refractivity contribution in [2.24, 2.45) is 0 Å². The first-order chi connectivity index (χ1) is 16.4. The average molecular weight is 478 g/mol. The van der Waals surface area contributed by atoms with E-state index in [9.17, 15) is 18.0 Å². The number of para-hydroxylation sites is 1. The number of hydrogen-bond donors (Lipinski definition) is 3. The van der Waals surface area contributed by atoms with E-state index in [1.807, 2.05) is 54.6 Å². The quantitative estimate of drug-likeness (QED) is 0.338. The minimum absolute atomic E-state index is 0.000202. The molecule has 0 bridgehead atoms. The van der Waals surface area contributed by atoms with E-state index >= 15 is 0 Å². The Morgan fingerprint density at radius 1 is 0.941 bits per heavy atom. The summed E-state index contributed by atoms with van der Waals surface area (Å²) in [6.45, 7) is 1.36. The fourth-order valence-corrected chi connectivity index (χ4v) is 4.53. The summed E-state index contributed by atoms with van der Waals surface area (Å²) in [5.41, 5.74) is 3.99. The third-order valence-electron chi connectivity index (χ3n) is 5.13. The summed E-state index contributed by atoms with van der Waals surface area (Å²) in [7, 11) is -3.89. The molecule has 1 aliphatic rings. The molecule has 0 atom stereocenters. The van der Waals surface area contributed by atoms with Gasteiger partial charge in [0.2, 0.25) is 10.0 Å². The Morgan fingerprint density at radius 2 is 1.62 bits per heavy atom. The second-order valence-electron chi connectivity index (χ2n) is 7.39. The van der Waals surface area contributed by atoms with Crippen LogP contribution in [0.15, 0.2) is 83.8 Å². The fraction of sp³-hybridized carbons (Fsp3) is 0.120. The smallest absolute Gasteiger partial charge is 0.321 e. The zero-order chi connectivity index (χ0) is 24.1. The van der Waals surface area contributed by atoms with E-state index < -0.39 is 22.5 Å². The van der Waals surface area contributed by atoms with E-state index in [-0.39, 0.29) is 17.4 Å². The Morgan fingerprint density at radius 3 is 2.32 bits per heavy atom. The van der Waals surface area contributed by atoms with Crippen LogP contribution in [-0.2, 0) is 24.3 Å². The predicted octanol–water partition coefficient (Wildman–Crippen LogP) is 3.46. The zero-order valence-corrected chi connectivity index (χ0v) is 19.2. The number of ether oxygens (including phenoxy) is 1. The van der Waals surface area contributed by atoms with Gasteiger partial charge in [-0.1, -0.05) is 48.5 Å². The molecule has 0 radical (unpaired) electrons. The van der Waals surface area contributed by atoms with Crippen molar-refractivity contribution in [2.45, 2.75) is 11.8 Å². The van der Waals surface area contributed by atoms with E-state index in [1.54, 1.807) is 19.1 Å². The molecular formula is C25H23N3O5S. The lowest BCUT2D eigenvalue weighted by molar-refractivity contribution is -0.141. The molecule has 3 N–H and O–H groups in total. The van der Waals surface area contributed by atoms with Gasteiger partial charge in [-0.25, -0.2) is 8.42 Å². The lowest BCUT2D eigenvalue weighted by Crippen LogP contribution is -2.30. The molecule has 0 fully saturated rings. The van der Waals surface area contributed by atoms with Crippen molar-refractivity contribution >= 4 is 44.5 Å². The Bertz CT molecular complexity index is 1350. The minimum atomic E-state index is -3.89. The normalized spacial score (nSPS) is 14.2. The highest BCUT2D eigenvalue weighted by atomic mass is 32.2. The van der Waals surface area contributed by atoms with Gasteiger partial charge in [-0.05, 0) is 42.8 Å². The number of carbonyl (C=O) groups excluding carboxylic acids is 2. The third kappa shape index (κ3) is 5.00. The number of nitrogens with one attached hydrogen (secondary N) is 3. The molecule has 1 aliphatic heterocycles. The van der Waals surface area contributed by atoms with Crippen molar-refractivity contribution in [1.29, 1.82) is 0 Å². The summed E-state index contributed by atoms with van der Waals surface area (Å²) in [5.74, 6) is -0.881. The molecule has 3 aromatic rings. The van der Waals surface area contributed by atoms with Crippen LogP contribution in [0, 0.1) is 0 Å². The lowest BCUT2D eigenvalue weighted by atomic mass is 10.00. The Hall–Kier alpha value is -3.95. The topological polar surface area (TPSA) is 114 Å². The summed E-state index contributed by atoms with van der Waals surface area (Å²) in [4.78, 5) is 24.3. The largest absolute Gasteiger partial charge is 0.465 e. The van der Waals surface area contributed by atoms with Gasteiger partial charge in [-0.15, -0.1) is 0 Å². The average Bonchev–Trinajstić information content (AvgIpc) is 3.18. The zero-order valence-electron chi connectivity index (χ0n) is 18.4. The summed E-state index contributed by atoms with van der Waals surface area (Å²) in [6, 6.07) is 22.9. The molecule has 1 amide bonds. The molecule has 1 heterocycles. The van der Waals surface area contributed by atoms with Crippen molar-refractivity contribution in [1.82, 2.24) is 4.72 Å². The van der Waals surface area contributed by atoms with Crippen LogP contribution in [0.2, 0.25) is 0 Å². The first-order valence-electron chi connectivity index (χ1n) is 10.6. The van der Waals surface area contributed by atoms with Crippen molar-refractivity contribution in [3.05, 3.63) is 90.0 Å². The van der Waals surface area contributed by atoms with Gasteiger partial charge in [-0.2, -0.15) is 4.72 Å². The predicted molar refractivity (Wildman–Crippen MR) is 130 cm³/mol. The van der Waals surface area contributed by atoms with Gasteiger partial charge in [0, 0.05) is 16.9 Å². The number of rotatable bonds is 8. The molecule has 9 heteroatoms. The maximum absolute atomic E-state index is 12.9. The standard InChI is InChI=1S/C25H23N3O5S/c1-2-33-22(29)16-26-34(31,32)19-14-12-18(13-15-19)27-24(17-8-4-3-5-9-17)23-20-10-6-7-11-21(20)28-25(23)30/h3-15,26-27H,2,16H2,1H3,(H,28,30). The Kier molecular flexibility index (Phi) is 6.76. The van der Waals surface area contributed by atoms with Crippen molar-refractivity contribution < 1.29 is 22.7 Å². The molecule has 8 nitrogen and oxygen atoms in total. The van der Waals surface area contributed by atoms with Gasteiger partial charge in [0.25, 0.3) is 5.91 Å². The Balaban J connectivity index is 1.64. The van der Waals surface area contributed by atoms with Gasteiger partial charge in [0.1, 0.15) is 6.54 Å². The molecule has 0 aromatic heterocycles. The fourth-order valence-electron chi connectivity index (χ4n) is 3.56. The van der Waals surface area contributed by atoms with E-state index in [4.69, 9.17) is 4.74 Å². The number of benzene rings is 3. The molecule has 0 saturated carbocycles. The monoisotopic (exact) mass is 477 g/mol. The summed E-state index contributed by atoms with van der Waals surface area (Å²) < 4.78 is 31.9. The van der Waals surface area contributed by atoms with Crippen LogP contribution in [0.1, 0.15) is 18.1 Å². The first kappa shape index (κ1) is 23.2. The molecule has 3 aromatic carbocycles. The van der Waals surface area contributed by atoms with E-state index in [0.717, 1.165) is 16.8 Å². The van der Waals surface area contributed by atoms with Gasteiger partial charge in [0.15, 0.2) is 0 Å². The summed E-state index contributed by atoms with van der Waals surface area (Å²) >= 11 is 0. The van der Waals surface area contributed by atoms with Gasteiger partial charge in [0.05, 0.1) is 22.8 Å². The number of sulfonamides is 1. The molecule has 0 aliphatic carbocycles. The number of hydrogen-bond acceptors (Lipinski definition) is 6. The van der Waals surface area contributed by atoms with Crippen LogP contribution >= 0.6 is 0 Å². The Labute approximate surface area is 197 Å². The van der Waals surface area contributed by atoms with Crippen LogP contribution in [0.3, 0.4) is 0 Å². The van der Waals surface area contributed by atoms with E-state index in [0.29, 0.717) is 17.0 Å². The summed E-state index contributed by atoms with van der Waals surface area (Å²) in [5, 5.41) is 6.17. The molecule has 0 saturated heterocycles. The van der Waals surface area contributed by atoms with Crippen molar-refractivity contribution in [2.75, 3.05) is 23.8 Å². The minimum Gasteiger partial charge on any atom is -0.465 e. The lowest BCUT2D eigenvalue weighted by Gasteiger charge is -2.15. The van der Waals surface area contributed by atoms with Crippen LogP contribution < -0.4 is 15.4 Å². The van der Waals surface area contributed by atoms with Gasteiger partial charge >= 0.3 is 5.97 Å². The third-order valence-corrected chi connectivity index (χ3v) is 6.55. The molecule has 34 heavy (non-hydrogen) atoms. The van der Waals surface area contributed by atoms with Gasteiger partial charge < -0.3 is 15.4 Å². The molecule has 174 valence electrons. The SMILES string of the molecule is CCOC(=O)CNS(=O)(=O)c1ccc(NC(=C2C(=O)Nc3ccccc32)c2ccccc2)cc1. The highest BCUT2D eigenvalue weighted by Crippen LogP contribution is 2.37. The van der Waals surface area contributed by atoms with Crippen molar-refractivity contribution in [3.63, 3.8) is 0 Å².